The van der Waals surface area contributed by atoms with Gasteiger partial charge in [-0.3, -0.25) is 9.59 Å². The van der Waals surface area contributed by atoms with E-state index in [1.807, 2.05) is 67.2 Å². The van der Waals surface area contributed by atoms with Crippen LogP contribution in [0.4, 0.5) is 17.1 Å². The van der Waals surface area contributed by atoms with E-state index in [4.69, 9.17) is 0 Å². The SMILES string of the molecule is Cc1cc(NC(=O)c2cccc(N(C)C)c2)ccc1N1CCCC1=O. The number of nitrogens with zero attached hydrogens (tertiary/aromatic N) is 2. The van der Waals surface area contributed by atoms with Crippen molar-refractivity contribution in [3.05, 3.63) is 53.6 Å². The minimum Gasteiger partial charge on any atom is -0.378 e. The van der Waals surface area contributed by atoms with Gasteiger partial charge >= 0.3 is 0 Å². The number of anilines is 3. The van der Waals surface area contributed by atoms with Crippen LogP contribution in [0, 0.1) is 6.92 Å². The normalized spacial score (nSPS) is 13.9. The van der Waals surface area contributed by atoms with E-state index in [1.54, 1.807) is 6.07 Å². The molecule has 1 N–H and O–H groups in total. The van der Waals surface area contributed by atoms with Crippen LogP contribution in [-0.2, 0) is 4.79 Å². The highest BCUT2D eigenvalue weighted by Crippen LogP contribution is 2.27. The van der Waals surface area contributed by atoms with Gasteiger partial charge in [0.25, 0.3) is 5.91 Å². The lowest BCUT2D eigenvalue weighted by Gasteiger charge is -2.19. The summed E-state index contributed by atoms with van der Waals surface area (Å²) in [5.74, 6) is 0.0217. The summed E-state index contributed by atoms with van der Waals surface area (Å²) in [4.78, 5) is 28.2. The molecule has 2 aromatic carbocycles. The Morgan fingerprint density at radius 2 is 1.96 bits per heavy atom. The molecule has 5 heteroatoms. The lowest BCUT2D eigenvalue weighted by Crippen LogP contribution is -2.24. The Balaban J connectivity index is 1.77. The predicted molar refractivity (Wildman–Crippen MR) is 101 cm³/mol. The molecule has 1 saturated heterocycles. The molecule has 0 bridgehead atoms. The minimum absolute atomic E-state index is 0.145. The predicted octanol–water partition coefficient (Wildman–Crippen LogP) is 3.44. The Bertz CT molecular complexity index is 814. The summed E-state index contributed by atoms with van der Waals surface area (Å²) in [5, 5.41) is 2.93. The first-order valence-corrected chi connectivity index (χ1v) is 8.45. The zero-order valence-corrected chi connectivity index (χ0v) is 14.9. The molecule has 130 valence electrons. The van der Waals surface area contributed by atoms with Gasteiger partial charge in [0.1, 0.15) is 0 Å². The highest BCUT2D eigenvalue weighted by atomic mass is 16.2. The van der Waals surface area contributed by atoms with Gasteiger partial charge in [0.05, 0.1) is 0 Å². The first-order valence-electron chi connectivity index (χ1n) is 8.45. The summed E-state index contributed by atoms with van der Waals surface area (Å²) < 4.78 is 0. The van der Waals surface area contributed by atoms with Gasteiger partial charge in [-0.25, -0.2) is 0 Å². The van der Waals surface area contributed by atoms with E-state index < -0.39 is 0 Å². The standard InChI is InChI=1S/C20H23N3O2/c1-14-12-16(9-10-18(14)23-11-5-8-19(23)24)21-20(25)15-6-4-7-17(13-15)22(2)3/h4,6-7,9-10,12-13H,5,8,11H2,1-3H3,(H,21,25). The van der Waals surface area contributed by atoms with Gasteiger partial charge in [-0.15, -0.1) is 0 Å². The maximum Gasteiger partial charge on any atom is 0.255 e. The number of benzene rings is 2. The second-order valence-electron chi connectivity index (χ2n) is 6.55. The van der Waals surface area contributed by atoms with Crippen LogP contribution in [0.2, 0.25) is 0 Å². The Morgan fingerprint density at radius 1 is 1.16 bits per heavy atom. The van der Waals surface area contributed by atoms with Gasteiger partial charge in [0.15, 0.2) is 0 Å². The fourth-order valence-electron chi connectivity index (χ4n) is 3.07. The first kappa shape index (κ1) is 17.0. The summed E-state index contributed by atoms with van der Waals surface area (Å²) in [6.07, 6.45) is 1.51. The van der Waals surface area contributed by atoms with Crippen molar-refractivity contribution in [3.63, 3.8) is 0 Å². The van der Waals surface area contributed by atoms with E-state index in [0.29, 0.717) is 12.0 Å². The minimum atomic E-state index is -0.145. The van der Waals surface area contributed by atoms with Gasteiger partial charge in [0.2, 0.25) is 5.91 Å². The molecule has 2 amide bonds. The summed E-state index contributed by atoms with van der Waals surface area (Å²) in [5.41, 5.74) is 4.23. The lowest BCUT2D eigenvalue weighted by molar-refractivity contribution is -0.117. The highest BCUT2D eigenvalue weighted by Gasteiger charge is 2.23. The van der Waals surface area contributed by atoms with Gasteiger partial charge < -0.3 is 15.1 Å². The molecule has 0 spiro atoms. The summed E-state index contributed by atoms with van der Waals surface area (Å²) in [6, 6.07) is 13.2. The monoisotopic (exact) mass is 337 g/mol. The summed E-state index contributed by atoms with van der Waals surface area (Å²) in [7, 11) is 3.89. The molecule has 1 heterocycles. The largest absolute Gasteiger partial charge is 0.378 e. The molecule has 5 nitrogen and oxygen atoms in total. The van der Waals surface area contributed by atoms with Crippen molar-refractivity contribution in [1.82, 2.24) is 0 Å². The summed E-state index contributed by atoms with van der Waals surface area (Å²) >= 11 is 0. The highest BCUT2D eigenvalue weighted by molar-refractivity contribution is 6.05. The molecular weight excluding hydrogens is 314 g/mol. The van der Waals surface area contributed by atoms with Crippen LogP contribution < -0.4 is 15.1 Å². The third-order valence-electron chi connectivity index (χ3n) is 4.44. The number of aryl methyl sites for hydroxylation is 1. The van der Waals surface area contributed by atoms with E-state index in [1.165, 1.54) is 0 Å². The fourth-order valence-corrected chi connectivity index (χ4v) is 3.07. The molecule has 3 rings (SSSR count). The van der Waals surface area contributed by atoms with Crippen molar-refractivity contribution in [2.45, 2.75) is 19.8 Å². The third kappa shape index (κ3) is 3.65. The van der Waals surface area contributed by atoms with Gasteiger partial charge in [-0.05, 0) is 55.3 Å². The molecule has 1 aliphatic heterocycles. The zero-order chi connectivity index (χ0) is 18.0. The van der Waals surface area contributed by atoms with Crippen LogP contribution in [0.25, 0.3) is 0 Å². The number of hydrogen-bond donors (Lipinski definition) is 1. The van der Waals surface area contributed by atoms with Crippen LogP contribution in [0.3, 0.4) is 0 Å². The Labute approximate surface area is 148 Å². The molecule has 0 aromatic heterocycles. The van der Waals surface area contributed by atoms with Crippen molar-refractivity contribution in [1.29, 1.82) is 0 Å². The second-order valence-corrected chi connectivity index (χ2v) is 6.55. The Morgan fingerprint density at radius 3 is 2.60 bits per heavy atom. The number of hydrogen-bond acceptors (Lipinski definition) is 3. The average Bonchev–Trinajstić information content (AvgIpc) is 3.01. The van der Waals surface area contributed by atoms with Crippen molar-refractivity contribution < 1.29 is 9.59 Å². The Kier molecular flexibility index (Phi) is 4.74. The molecule has 0 atom stereocenters. The quantitative estimate of drug-likeness (QED) is 0.930. The molecule has 0 radical (unpaired) electrons. The topological polar surface area (TPSA) is 52.7 Å². The van der Waals surface area contributed by atoms with Crippen LogP contribution in [0.15, 0.2) is 42.5 Å². The Hall–Kier alpha value is -2.82. The molecule has 0 unspecified atom stereocenters. The van der Waals surface area contributed by atoms with Crippen LogP contribution in [0.5, 0.6) is 0 Å². The van der Waals surface area contributed by atoms with Crippen molar-refractivity contribution >= 4 is 28.9 Å². The third-order valence-corrected chi connectivity index (χ3v) is 4.44. The molecule has 0 aliphatic carbocycles. The molecule has 25 heavy (non-hydrogen) atoms. The molecule has 0 saturated carbocycles. The van der Waals surface area contributed by atoms with Crippen molar-refractivity contribution in [3.8, 4) is 0 Å². The summed E-state index contributed by atoms with van der Waals surface area (Å²) in [6.45, 7) is 2.73. The zero-order valence-electron chi connectivity index (χ0n) is 14.9. The van der Waals surface area contributed by atoms with Gasteiger partial charge in [0, 0.05) is 49.7 Å². The lowest BCUT2D eigenvalue weighted by atomic mass is 10.1. The number of amides is 2. The van der Waals surface area contributed by atoms with Crippen LogP contribution in [0.1, 0.15) is 28.8 Å². The first-order chi connectivity index (χ1) is 12.0. The average molecular weight is 337 g/mol. The molecular formula is C20H23N3O2. The van der Waals surface area contributed by atoms with E-state index in [9.17, 15) is 9.59 Å². The fraction of sp³-hybridized carbons (Fsp3) is 0.300. The number of carbonyl (C=O) groups excluding carboxylic acids is 2. The molecule has 2 aromatic rings. The van der Waals surface area contributed by atoms with E-state index in [2.05, 4.69) is 5.32 Å². The van der Waals surface area contributed by atoms with Gasteiger partial charge in [-0.2, -0.15) is 0 Å². The van der Waals surface area contributed by atoms with E-state index in [-0.39, 0.29) is 11.8 Å². The molecule has 1 fully saturated rings. The molecule has 1 aliphatic rings. The number of rotatable bonds is 4. The maximum atomic E-state index is 12.5. The smallest absolute Gasteiger partial charge is 0.255 e. The van der Waals surface area contributed by atoms with E-state index >= 15 is 0 Å². The number of nitrogens with one attached hydrogen (secondary N) is 1. The maximum absolute atomic E-state index is 12.5. The van der Waals surface area contributed by atoms with Crippen LogP contribution >= 0.6 is 0 Å². The second kappa shape index (κ2) is 6.97. The van der Waals surface area contributed by atoms with Crippen molar-refractivity contribution in [2.75, 3.05) is 35.8 Å². The van der Waals surface area contributed by atoms with E-state index in [0.717, 1.165) is 35.6 Å². The van der Waals surface area contributed by atoms with Crippen LogP contribution in [-0.4, -0.2) is 32.5 Å². The van der Waals surface area contributed by atoms with Crippen molar-refractivity contribution in [2.24, 2.45) is 0 Å². The van der Waals surface area contributed by atoms with Gasteiger partial charge in [-0.1, -0.05) is 6.07 Å². The number of carbonyl (C=O) groups is 2.